The first kappa shape index (κ1) is 25.9. The van der Waals surface area contributed by atoms with E-state index in [2.05, 4.69) is 27.5 Å². The number of H-pyrrole nitrogens is 1. The van der Waals surface area contributed by atoms with Crippen LogP contribution in [0.1, 0.15) is 67.4 Å². The molecule has 184 valence electrons. The SMILES string of the molecule is CNC(=O)CCCC#Cc1ccc(OC(C)C)c(C(=O)NC(O)[C@H](C)c2c[nH]c3ccccc23)c1. The summed E-state index contributed by atoms with van der Waals surface area (Å²) in [7, 11) is 1.61. The summed E-state index contributed by atoms with van der Waals surface area (Å²) in [6.45, 7) is 5.64. The van der Waals surface area contributed by atoms with Gasteiger partial charge in [0.15, 0.2) is 0 Å². The van der Waals surface area contributed by atoms with Crippen molar-refractivity contribution < 1.29 is 19.4 Å². The second kappa shape index (κ2) is 12.1. The Hall–Kier alpha value is -3.76. The average molecular weight is 476 g/mol. The zero-order valence-electron chi connectivity index (χ0n) is 20.6. The molecule has 0 aliphatic heterocycles. The Morgan fingerprint density at radius 1 is 1.14 bits per heavy atom. The van der Waals surface area contributed by atoms with E-state index in [1.165, 1.54) is 0 Å². The van der Waals surface area contributed by atoms with Crippen LogP contribution in [0, 0.1) is 11.8 Å². The van der Waals surface area contributed by atoms with E-state index < -0.39 is 12.1 Å². The van der Waals surface area contributed by atoms with Crippen molar-refractivity contribution in [2.75, 3.05) is 7.05 Å². The highest BCUT2D eigenvalue weighted by molar-refractivity contribution is 5.97. The Morgan fingerprint density at radius 2 is 1.91 bits per heavy atom. The van der Waals surface area contributed by atoms with Crippen LogP contribution in [-0.4, -0.2) is 41.3 Å². The van der Waals surface area contributed by atoms with E-state index in [4.69, 9.17) is 4.74 Å². The number of para-hydroxylation sites is 1. The Kier molecular flexibility index (Phi) is 8.93. The number of aromatic amines is 1. The maximum atomic E-state index is 13.2. The van der Waals surface area contributed by atoms with E-state index in [9.17, 15) is 14.7 Å². The highest BCUT2D eigenvalue weighted by Crippen LogP contribution is 2.28. The number of amides is 2. The van der Waals surface area contributed by atoms with Gasteiger partial charge in [0.2, 0.25) is 5.91 Å². The van der Waals surface area contributed by atoms with Crippen molar-refractivity contribution in [2.24, 2.45) is 0 Å². The zero-order valence-corrected chi connectivity index (χ0v) is 20.6. The molecule has 0 saturated carbocycles. The summed E-state index contributed by atoms with van der Waals surface area (Å²) in [4.78, 5) is 27.7. The zero-order chi connectivity index (χ0) is 25.4. The predicted octanol–water partition coefficient (Wildman–Crippen LogP) is 4.07. The van der Waals surface area contributed by atoms with Crippen molar-refractivity contribution in [3.63, 3.8) is 0 Å². The Balaban J connectivity index is 1.75. The van der Waals surface area contributed by atoms with Crippen molar-refractivity contribution >= 4 is 22.7 Å². The van der Waals surface area contributed by atoms with Crippen LogP contribution >= 0.6 is 0 Å². The van der Waals surface area contributed by atoms with Crippen LogP contribution < -0.4 is 15.4 Å². The van der Waals surface area contributed by atoms with Crippen LogP contribution in [0.2, 0.25) is 0 Å². The molecule has 7 heteroatoms. The molecule has 2 atom stereocenters. The summed E-state index contributed by atoms with van der Waals surface area (Å²) in [6.07, 6.45) is 2.28. The van der Waals surface area contributed by atoms with Gasteiger partial charge >= 0.3 is 0 Å². The summed E-state index contributed by atoms with van der Waals surface area (Å²) in [5.74, 6) is 5.73. The number of carbonyl (C=O) groups is 2. The molecular weight excluding hydrogens is 442 g/mol. The molecule has 0 aliphatic carbocycles. The van der Waals surface area contributed by atoms with Crippen LogP contribution in [0.4, 0.5) is 0 Å². The van der Waals surface area contributed by atoms with Crippen molar-refractivity contribution in [2.45, 2.75) is 58.3 Å². The van der Waals surface area contributed by atoms with Gasteiger partial charge in [-0.15, -0.1) is 0 Å². The number of hydrogen-bond donors (Lipinski definition) is 4. The fraction of sp³-hybridized carbons (Fsp3) is 0.357. The maximum absolute atomic E-state index is 13.2. The number of aliphatic hydroxyl groups excluding tert-OH is 1. The molecule has 4 N–H and O–H groups in total. The number of nitrogens with one attached hydrogen (secondary N) is 3. The molecule has 7 nitrogen and oxygen atoms in total. The number of hydrogen-bond acceptors (Lipinski definition) is 4. The molecule has 1 unspecified atom stereocenters. The number of fused-ring (bicyclic) bond motifs is 1. The molecule has 1 heterocycles. The Labute approximate surface area is 206 Å². The third kappa shape index (κ3) is 6.87. The lowest BCUT2D eigenvalue weighted by Crippen LogP contribution is -2.38. The lowest BCUT2D eigenvalue weighted by Gasteiger charge is -2.21. The fourth-order valence-electron chi connectivity index (χ4n) is 3.75. The van der Waals surface area contributed by atoms with Crippen LogP contribution in [0.5, 0.6) is 5.75 Å². The van der Waals surface area contributed by atoms with Gasteiger partial charge in [0.1, 0.15) is 12.0 Å². The molecule has 2 aromatic carbocycles. The molecular formula is C28H33N3O4. The largest absolute Gasteiger partial charge is 0.490 e. The molecule has 0 bridgehead atoms. The summed E-state index contributed by atoms with van der Waals surface area (Å²) >= 11 is 0. The van der Waals surface area contributed by atoms with Crippen molar-refractivity contribution in [3.8, 4) is 17.6 Å². The first-order chi connectivity index (χ1) is 16.8. The summed E-state index contributed by atoms with van der Waals surface area (Å²) in [6, 6.07) is 13.0. The first-order valence-electron chi connectivity index (χ1n) is 11.8. The average Bonchev–Trinajstić information content (AvgIpc) is 3.27. The van der Waals surface area contributed by atoms with Gasteiger partial charge in [0.05, 0.1) is 11.7 Å². The quantitative estimate of drug-likeness (QED) is 0.213. The second-order valence-corrected chi connectivity index (χ2v) is 8.70. The number of ether oxygens (including phenoxy) is 1. The minimum Gasteiger partial charge on any atom is -0.490 e. The number of benzene rings is 2. The van der Waals surface area contributed by atoms with Crippen LogP contribution in [0.3, 0.4) is 0 Å². The third-order valence-electron chi connectivity index (χ3n) is 5.67. The lowest BCUT2D eigenvalue weighted by molar-refractivity contribution is -0.120. The van der Waals surface area contributed by atoms with E-state index in [0.717, 1.165) is 16.5 Å². The lowest BCUT2D eigenvalue weighted by atomic mass is 9.98. The smallest absolute Gasteiger partial charge is 0.257 e. The summed E-state index contributed by atoms with van der Waals surface area (Å²) < 4.78 is 5.84. The normalized spacial score (nSPS) is 12.5. The van der Waals surface area contributed by atoms with Gasteiger partial charge in [-0.25, -0.2) is 0 Å². The van der Waals surface area contributed by atoms with Gasteiger partial charge in [-0.3, -0.25) is 9.59 Å². The fourth-order valence-corrected chi connectivity index (χ4v) is 3.75. The molecule has 1 aromatic heterocycles. The molecule has 2 amide bonds. The number of aromatic nitrogens is 1. The van der Waals surface area contributed by atoms with Crippen molar-refractivity contribution in [3.05, 3.63) is 65.4 Å². The highest BCUT2D eigenvalue weighted by atomic mass is 16.5. The molecule has 3 rings (SSSR count). The van der Waals surface area contributed by atoms with Gasteiger partial charge in [-0.2, -0.15) is 0 Å². The summed E-state index contributed by atoms with van der Waals surface area (Å²) in [5, 5.41) is 17.2. The number of carbonyl (C=O) groups excluding carboxylic acids is 2. The Bertz CT molecular complexity index is 1240. The molecule has 35 heavy (non-hydrogen) atoms. The number of rotatable bonds is 9. The van der Waals surface area contributed by atoms with Crippen LogP contribution in [-0.2, 0) is 4.79 Å². The molecule has 0 saturated heterocycles. The standard InChI is InChI=1S/C28H33N3O4/c1-18(2)35-25-15-14-20(10-6-5-7-13-26(32)29-4)16-22(25)28(34)31-27(33)19(3)23-17-30-24-12-9-8-11-21(23)24/h8-9,11-12,14-19,27,30,33H,5,7,13H2,1-4H3,(H,29,32)(H,31,34)/t19-,27?/m1/s1. The van der Waals surface area contributed by atoms with E-state index in [1.807, 2.05) is 51.2 Å². The Morgan fingerprint density at radius 3 is 2.66 bits per heavy atom. The van der Waals surface area contributed by atoms with Gasteiger partial charge < -0.3 is 25.5 Å². The van der Waals surface area contributed by atoms with Gasteiger partial charge in [-0.05, 0) is 50.1 Å². The second-order valence-electron chi connectivity index (χ2n) is 8.70. The van der Waals surface area contributed by atoms with Crippen LogP contribution in [0.25, 0.3) is 10.9 Å². The molecule has 0 radical (unpaired) electrons. The van der Waals surface area contributed by atoms with Crippen LogP contribution in [0.15, 0.2) is 48.7 Å². The van der Waals surface area contributed by atoms with Gasteiger partial charge in [0, 0.05) is 48.5 Å². The molecule has 0 aliphatic rings. The van der Waals surface area contributed by atoms with E-state index in [-0.39, 0.29) is 17.9 Å². The molecule has 3 aromatic rings. The summed E-state index contributed by atoms with van der Waals surface area (Å²) in [5.41, 5.74) is 2.86. The minimum absolute atomic E-state index is 0.0126. The van der Waals surface area contributed by atoms with E-state index in [0.29, 0.717) is 36.1 Å². The van der Waals surface area contributed by atoms with Crippen molar-refractivity contribution in [1.82, 2.24) is 15.6 Å². The first-order valence-corrected chi connectivity index (χ1v) is 11.8. The highest BCUT2D eigenvalue weighted by Gasteiger charge is 2.23. The predicted molar refractivity (Wildman–Crippen MR) is 137 cm³/mol. The van der Waals surface area contributed by atoms with Crippen molar-refractivity contribution in [1.29, 1.82) is 0 Å². The third-order valence-corrected chi connectivity index (χ3v) is 5.67. The topological polar surface area (TPSA) is 103 Å². The monoisotopic (exact) mass is 475 g/mol. The minimum atomic E-state index is -1.10. The maximum Gasteiger partial charge on any atom is 0.257 e. The van der Waals surface area contributed by atoms with Gasteiger partial charge in [0.25, 0.3) is 5.91 Å². The molecule has 0 fully saturated rings. The number of aliphatic hydroxyl groups is 1. The van der Waals surface area contributed by atoms with E-state index >= 15 is 0 Å². The molecule has 0 spiro atoms. The number of unbranched alkanes of at least 4 members (excludes halogenated alkanes) is 1. The van der Waals surface area contributed by atoms with Gasteiger partial charge in [-0.1, -0.05) is 37.0 Å². The van der Waals surface area contributed by atoms with E-state index in [1.54, 1.807) is 25.2 Å².